The first kappa shape index (κ1) is 14.7. The predicted molar refractivity (Wildman–Crippen MR) is 73.0 cm³/mol. The molecule has 0 aliphatic carbocycles. The Hall–Kier alpha value is -1.36. The van der Waals surface area contributed by atoms with Crippen molar-refractivity contribution in [3.63, 3.8) is 0 Å². The van der Waals surface area contributed by atoms with Crippen LogP contribution in [0.4, 0.5) is 5.00 Å². The third-order valence-electron chi connectivity index (χ3n) is 2.75. The van der Waals surface area contributed by atoms with E-state index in [4.69, 9.17) is 4.74 Å². The average Bonchev–Trinajstić information content (AvgIpc) is 2.79. The lowest BCUT2D eigenvalue weighted by molar-refractivity contribution is -0.120. The van der Waals surface area contributed by atoms with E-state index in [0.717, 1.165) is 12.8 Å². The molecule has 1 N–H and O–H groups in total. The van der Waals surface area contributed by atoms with Crippen LogP contribution in [0.2, 0.25) is 0 Å². The topological polar surface area (TPSA) is 55.4 Å². The zero-order valence-electron chi connectivity index (χ0n) is 11.0. The molecule has 0 saturated carbocycles. The molecular weight excluding hydrogens is 250 g/mol. The highest BCUT2D eigenvalue weighted by Crippen LogP contribution is 2.25. The van der Waals surface area contributed by atoms with Crippen molar-refractivity contribution < 1.29 is 14.3 Å². The molecule has 0 fully saturated rings. The third kappa shape index (κ3) is 3.57. The molecule has 100 valence electrons. The molecule has 4 nitrogen and oxygen atoms in total. The molecule has 0 saturated heterocycles. The zero-order chi connectivity index (χ0) is 13.5. The van der Waals surface area contributed by atoms with Crippen LogP contribution in [0.3, 0.4) is 0 Å². The van der Waals surface area contributed by atoms with Crippen molar-refractivity contribution in [1.29, 1.82) is 0 Å². The van der Waals surface area contributed by atoms with Gasteiger partial charge in [-0.25, -0.2) is 4.79 Å². The maximum atomic E-state index is 11.9. The van der Waals surface area contributed by atoms with Gasteiger partial charge in [-0.3, -0.25) is 4.79 Å². The summed E-state index contributed by atoms with van der Waals surface area (Å²) in [6, 6.07) is 1.67. The van der Waals surface area contributed by atoms with Gasteiger partial charge in [-0.1, -0.05) is 13.8 Å². The van der Waals surface area contributed by atoms with E-state index >= 15 is 0 Å². The first-order chi connectivity index (χ1) is 8.63. The molecular formula is C13H19NO3S. The molecule has 1 rings (SSSR count). The minimum Gasteiger partial charge on any atom is -0.462 e. The Balaban J connectivity index is 2.76. The summed E-state index contributed by atoms with van der Waals surface area (Å²) in [6.07, 6.45) is 1.59. The van der Waals surface area contributed by atoms with Gasteiger partial charge in [0.2, 0.25) is 5.91 Å². The molecule has 1 aromatic rings. The number of hydrogen-bond donors (Lipinski definition) is 1. The number of ether oxygens (including phenoxy) is 1. The minimum atomic E-state index is -0.390. The first-order valence-electron chi connectivity index (χ1n) is 6.19. The fourth-order valence-electron chi connectivity index (χ4n) is 1.65. The average molecular weight is 269 g/mol. The summed E-state index contributed by atoms with van der Waals surface area (Å²) in [5.41, 5.74) is 0.432. The van der Waals surface area contributed by atoms with Crippen LogP contribution in [-0.2, 0) is 9.53 Å². The molecule has 1 heterocycles. The van der Waals surface area contributed by atoms with Crippen molar-refractivity contribution >= 4 is 28.2 Å². The number of rotatable bonds is 6. The fraction of sp³-hybridized carbons (Fsp3) is 0.538. The predicted octanol–water partition coefficient (Wildman–Crippen LogP) is 3.30. The van der Waals surface area contributed by atoms with E-state index in [1.807, 2.05) is 13.8 Å². The van der Waals surface area contributed by atoms with Crippen molar-refractivity contribution in [1.82, 2.24) is 0 Å². The van der Waals surface area contributed by atoms with Crippen LogP contribution in [0.15, 0.2) is 11.4 Å². The Morgan fingerprint density at radius 1 is 1.33 bits per heavy atom. The van der Waals surface area contributed by atoms with Crippen LogP contribution < -0.4 is 5.32 Å². The number of hydrogen-bond acceptors (Lipinski definition) is 4. The highest BCUT2D eigenvalue weighted by Gasteiger charge is 2.19. The van der Waals surface area contributed by atoms with Crippen LogP contribution in [0.1, 0.15) is 44.0 Å². The van der Waals surface area contributed by atoms with Crippen LogP contribution >= 0.6 is 11.3 Å². The van der Waals surface area contributed by atoms with Gasteiger partial charge in [-0.05, 0) is 31.2 Å². The van der Waals surface area contributed by atoms with Crippen LogP contribution in [-0.4, -0.2) is 18.5 Å². The molecule has 0 aliphatic heterocycles. The quantitative estimate of drug-likeness (QED) is 0.806. The van der Waals surface area contributed by atoms with Crippen LogP contribution in [0.25, 0.3) is 0 Å². The number of esters is 1. The second-order valence-corrected chi connectivity index (χ2v) is 4.80. The molecule has 0 aliphatic rings. The normalized spacial score (nSPS) is 10.4. The molecule has 0 radical (unpaired) electrons. The van der Waals surface area contributed by atoms with Crippen LogP contribution in [0, 0.1) is 5.92 Å². The SMILES string of the molecule is CCOC(=O)c1ccsc1NC(=O)C(CC)CC. The van der Waals surface area contributed by atoms with Crippen LogP contribution in [0.5, 0.6) is 0 Å². The molecule has 0 atom stereocenters. The number of carbonyl (C=O) groups is 2. The Kier molecular flexibility index (Phi) is 5.85. The lowest BCUT2D eigenvalue weighted by atomic mass is 10.0. The number of amides is 1. The van der Waals surface area contributed by atoms with Crippen molar-refractivity contribution in [2.45, 2.75) is 33.6 Å². The van der Waals surface area contributed by atoms with E-state index in [0.29, 0.717) is 17.2 Å². The van der Waals surface area contributed by atoms with Crippen molar-refractivity contribution in [2.24, 2.45) is 5.92 Å². The van der Waals surface area contributed by atoms with Gasteiger partial charge in [0.05, 0.1) is 12.2 Å². The molecule has 5 heteroatoms. The molecule has 0 bridgehead atoms. The summed E-state index contributed by atoms with van der Waals surface area (Å²) in [4.78, 5) is 23.6. The van der Waals surface area contributed by atoms with Gasteiger partial charge in [0.1, 0.15) is 5.00 Å². The first-order valence-corrected chi connectivity index (χ1v) is 7.07. The summed E-state index contributed by atoms with van der Waals surface area (Å²) in [7, 11) is 0. The summed E-state index contributed by atoms with van der Waals surface area (Å²) in [6.45, 7) is 6.05. The van der Waals surface area contributed by atoms with E-state index < -0.39 is 5.97 Å². The molecule has 1 aromatic heterocycles. The van der Waals surface area contributed by atoms with Gasteiger partial charge in [-0.15, -0.1) is 11.3 Å². The lowest BCUT2D eigenvalue weighted by Crippen LogP contribution is -2.22. The van der Waals surface area contributed by atoms with Crippen molar-refractivity contribution in [2.75, 3.05) is 11.9 Å². The van der Waals surface area contributed by atoms with E-state index in [1.54, 1.807) is 18.4 Å². The van der Waals surface area contributed by atoms with Gasteiger partial charge in [0.15, 0.2) is 0 Å². The van der Waals surface area contributed by atoms with Crippen molar-refractivity contribution in [3.8, 4) is 0 Å². The van der Waals surface area contributed by atoms with E-state index in [1.165, 1.54) is 11.3 Å². The number of nitrogens with one attached hydrogen (secondary N) is 1. The maximum absolute atomic E-state index is 11.9. The second kappa shape index (κ2) is 7.16. The Morgan fingerprint density at radius 3 is 2.56 bits per heavy atom. The second-order valence-electron chi connectivity index (χ2n) is 3.89. The third-order valence-corrected chi connectivity index (χ3v) is 3.58. The highest BCUT2D eigenvalue weighted by atomic mass is 32.1. The summed E-state index contributed by atoms with van der Waals surface area (Å²) >= 11 is 1.34. The smallest absolute Gasteiger partial charge is 0.341 e. The fourth-order valence-corrected chi connectivity index (χ4v) is 2.43. The van der Waals surface area contributed by atoms with Gasteiger partial charge >= 0.3 is 5.97 Å². The number of thiophene rings is 1. The van der Waals surface area contributed by atoms with Crippen molar-refractivity contribution in [3.05, 3.63) is 17.0 Å². The highest BCUT2D eigenvalue weighted by molar-refractivity contribution is 7.14. The lowest BCUT2D eigenvalue weighted by Gasteiger charge is -2.12. The molecule has 18 heavy (non-hydrogen) atoms. The van der Waals surface area contributed by atoms with Gasteiger partial charge in [0, 0.05) is 5.92 Å². The molecule has 0 spiro atoms. The molecule has 1 amide bonds. The summed E-state index contributed by atoms with van der Waals surface area (Å²) in [5, 5.41) is 5.16. The van der Waals surface area contributed by atoms with E-state index in [2.05, 4.69) is 5.32 Å². The largest absolute Gasteiger partial charge is 0.462 e. The number of anilines is 1. The van der Waals surface area contributed by atoms with Gasteiger partial charge < -0.3 is 10.1 Å². The van der Waals surface area contributed by atoms with E-state index in [-0.39, 0.29) is 11.8 Å². The Morgan fingerprint density at radius 2 is 2.00 bits per heavy atom. The Labute approximate surface area is 111 Å². The summed E-state index contributed by atoms with van der Waals surface area (Å²) in [5.74, 6) is -0.436. The standard InChI is InChI=1S/C13H19NO3S/c1-4-9(5-2)11(15)14-12-10(7-8-18-12)13(16)17-6-3/h7-9H,4-6H2,1-3H3,(H,14,15). The minimum absolute atomic E-state index is 0.0119. The van der Waals surface area contributed by atoms with E-state index in [9.17, 15) is 9.59 Å². The number of carbonyl (C=O) groups excluding carboxylic acids is 2. The maximum Gasteiger partial charge on any atom is 0.341 e. The van der Waals surface area contributed by atoms with Gasteiger partial charge in [-0.2, -0.15) is 0 Å². The van der Waals surface area contributed by atoms with Gasteiger partial charge in [0.25, 0.3) is 0 Å². The summed E-state index contributed by atoms with van der Waals surface area (Å²) < 4.78 is 4.94. The molecule has 0 aromatic carbocycles. The zero-order valence-corrected chi connectivity index (χ0v) is 11.8. The molecule has 0 unspecified atom stereocenters. The Bertz CT molecular complexity index is 410. The monoisotopic (exact) mass is 269 g/mol.